The third kappa shape index (κ3) is 5.10. The summed E-state index contributed by atoms with van der Waals surface area (Å²) in [5.41, 5.74) is 5.83. The zero-order chi connectivity index (χ0) is 30.9. The van der Waals surface area contributed by atoms with Crippen molar-refractivity contribution in [3.63, 3.8) is 0 Å². The molecule has 0 aliphatic heterocycles. The number of rotatable bonds is 6. The van der Waals surface area contributed by atoms with Gasteiger partial charge in [0, 0.05) is 39.3 Å². The van der Waals surface area contributed by atoms with Gasteiger partial charge in [-0.2, -0.15) is 0 Å². The lowest BCUT2D eigenvalue weighted by Crippen LogP contribution is -2.12. The van der Waals surface area contributed by atoms with Gasteiger partial charge >= 0.3 is 0 Å². The van der Waals surface area contributed by atoms with Gasteiger partial charge in [0.05, 0.1) is 17.1 Å². The number of para-hydroxylation sites is 1. The number of anilines is 3. The Morgan fingerprint density at radius 2 is 1.17 bits per heavy atom. The zero-order valence-corrected chi connectivity index (χ0v) is 24.8. The molecule has 0 saturated carbocycles. The minimum absolute atomic E-state index is 0.171. The molecule has 1 N–H and O–H groups in total. The number of aromatic nitrogens is 3. The molecule has 0 bridgehead atoms. The lowest BCUT2D eigenvalue weighted by atomic mass is 10.0. The van der Waals surface area contributed by atoms with Gasteiger partial charge in [-0.3, -0.25) is 4.90 Å². The Morgan fingerprint density at radius 3 is 2.04 bits per heavy atom. The summed E-state index contributed by atoms with van der Waals surface area (Å²) in [5.74, 6) is 1.54. The highest BCUT2D eigenvalue weighted by atomic mass is 16.3. The maximum atomic E-state index is 10.7. The molecule has 8 aromatic rings. The quantitative estimate of drug-likeness (QED) is 0.208. The SMILES string of the molecule is Oc1ccccc1-c1cc(-c2ccccc2)nc(-c2cccc(N(c3cc4ccccc4cn3)c3cccc4ccccc34)c2)n1. The number of fused-ring (bicyclic) bond motifs is 2. The van der Waals surface area contributed by atoms with Crippen LogP contribution in [0.3, 0.4) is 0 Å². The van der Waals surface area contributed by atoms with Crippen LogP contribution in [0.4, 0.5) is 17.2 Å². The van der Waals surface area contributed by atoms with E-state index in [1.807, 2.05) is 85.1 Å². The summed E-state index contributed by atoms with van der Waals surface area (Å²) >= 11 is 0. The van der Waals surface area contributed by atoms with Crippen LogP contribution < -0.4 is 4.90 Å². The number of phenols is 1. The van der Waals surface area contributed by atoms with Crippen LogP contribution in [-0.2, 0) is 0 Å². The van der Waals surface area contributed by atoms with Crippen molar-refractivity contribution in [1.82, 2.24) is 15.0 Å². The average molecular weight is 593 g/mol. The molecule has 0 aliphatic carbocycles. The van der Waals surface area contributed by atoms with Gasteiger partial charge < -0.3 is 5.11 Å². The van der Waals surface area contributed by atoms with E-state index in [1.54, 1.807) is 6.07 Å². The van der Waals surface area contributed by atoms with Gasteiger partial charge in [0.25, 0.3) is 0 Å². The first-order chi connectivity index (χ1) is 22.7. The van der Waals surface area contributed by atoms with Gasteiger partial charge in [0.1, 0.15) is 11.6 Å². The van der Waals surface area contributed by atoms with Crippen molar-refractivity contribution in [2.75, 3.05) is 4.90 Å². The van der Waals surface area contributed by atoms with Crippen LogP contribution in [-0.4, -0.2) is 20.1 Å². The molecule has 46 heavy (non-hydrogen) atoms. The average Bonchev–Trinajstić information content (AvgIpc) is 3.12. The van der Waals surface area contributed by atoms with Crippen LogP contribution in [0.5, 0.6) is 5.75 Å². The molecule has 0 atom stereocenters. The van der Waals surface area contributed by atoms with Crippen LogP contribution in [0.1, 0.15) is 0 Å². The van der Waals surface area contributed by atoms with Gasteiger partial charge in [-0.05, 0) is 53.2 Å². The smallest absolute Gasteiger partial charge is 0.160 e. The second kappa shape index (κ2) is 11.6. The molecule has 0 fully saturated rings. The number of aromatic hydroxyl groups is 1. The molecule has 0 amide bonds. The number of hydrogen-bond acceptors (Lipinski definition) is 5. The van der Waals surface area contributed by atoms with Crippen molar-refractivity contribution in [2.45, 2.75) is 0 Å². The number of pyridine rings is 1. The molecule has 0 spiro atoms. The number of benzene rings is 6. The molecule has 5 nitrogen and oxygen atoms in total. The summed E-state index contributed by atoms with van der Waals surface area (Å²) in [4.78, 5) is 17.2. The van der Waals surface area contributed by atoms with Crippen LogP contribution in [0.25, 0.3) is 55.4 Å². The predicted molar refractivity (Wildman–Crippen MR) is 187 cm³/mol. The zero-order valence-electron chi connectivity index (χ0n) is 24.8. The molecule has 6 aromatic carbocycles. The molecule has 0 saturated heterocycles. The fourth-order valence-corrected chi connectivity index (χ4v) is 5.94. The summed E-state index contributed by atoms with van der Waals surface area (Å²) in [6, 6.07) is 52.6. The summed E-state index contributed by atoms with van der Waals surface area (Å²) in [5, 5.41) is 15.2. The Morgan fingerprint density at radius 1 is 0.500 bits per heavy atom. The van der Waals surface area contributed by atoms with Gasteiger partial charge in [-0.1, -0.05) is 115 Å². The maximum Gasteiger partial charge on any atom is 0.160 e. The monoisotopic (exact) mass is 592 g/mol. The van der Waals surface area contributed by atoms with Crippen molar-refractivity contribution in [1.29, 1.82) is 0 Å². The Bertz CT molecular complexity index is 2350. The fourth-order valence-electron chi connectivity index (χ4n) is 5.94. The van der Waals surface area contributed by atoms with Crippen molar-refractivity contribution < 1.29 is 5.11 Å². The minimum atomic E-state index is 0.171. The molecule has 5 heteroatoms. The molecular formula is C41H28N4O. The highest BCUT2D eigenvalue weighted by Crippen LogP contribution is 2.40. The van der Waals surface area contributed by atoms with E-state index in [0.717, 1.165) is 55.6 Å². The molecule has 218 valence electrons. The van der Waals surface area contributed by atoms with E-state index in [2.05, 4.69) is 77.7 Å². The van der Waals surface area contributed by atoms with Gasteiger partial charge in [-0.25, -0.2) is 15.0 Å². The fraction of sp³-hybridized carbons (Fsp3) is 0. The molecule has 0 radical (unpaired) electrons. The predicted octanol–water partition coefficient (Wildman–Crippen LogP) is 10.4. The largest absolute Gasteiger partial charge is 0.507 e. The first kappa shape index (κ1) is 27.2. The second-order valence-electron chi connectivity index (χ2n) is 11.1. The minimum Gasteiger partial charge on any atom is -0.507 e. The molecular weight excluding hydrogens is 564 g/mol. The highest BCUT2D eigenvalue weighted by molar-refractivity contribution is 5.99. The summed E-state index contributed by atoms with van der Waals surface area (Å²) in [7, 11) is 0. The van der Waals surface area contributed by atoms with Gasteiger partial charge in [0.2, 0.25) is 0 Å². The van der Waals surface area contributed by atoms with Crippen LogP contribution in [0, 0.1) is 0 Å². The van der Waals surface area contributed by atoms with E-state index >= 15 is 0 Å². The first-order valence-corrected chi connectivity index (χ1v) is 15.2. The highest BCUT2D eigenvalue weighted by Gasteiger charge is 2.19. The normalized spacial score (nSPS) is 11.1. The van der Waals surface area contributed by atoms with E-state index in [1.165, 1.54) is 0 Å². The molecule has 0 unspecified atom stereocenters. The third-order valence-corrected chi connectivity index (χ3v) is 8.19. The summed E-state index contributed by atoms with van der Waals surface area (Å²) in [6.07, 6.45) is 1.93. The second-order valence-corrected chi connectivity index (χ2v) is 11.1. The van der Waals surface area contributed by atoms with Crippen molar-refractivity contribution >= 4 is 38.7 Å². The van der Waals surface area contributed by atoms with Crippen molar-refractivity contribution in [2.24, 2.45) is 0 Å². The summed E-state index contributed by atoms with van der Waals surface area (Å²) < 4.78 is 0. The van der Waals surface area contributed by atoms with Crippen LogP contribution in [0.2, 0.25) is 0 Å². The standard InChI is InChI=1S/C41H28N4O/c46-39-23-9-8-21-35(39)37-26-36(29-13-2-1-3-14-29)43-41(44-37)31-18-10-19-33(24-31)45(38-22-11-17-28-12-6-7-20-34(28)38)40-25-30-15-4-5-16-32(30)27-42-40/h1-27,46H. The molecule has 2 heterocycles. The van der Waals surface area contributed by atoms with Gasteiger partial charge in [-0.15, -0.1) is 0 Å². The van der Waals surface area contributed by atoms with E-state index in [4.69, 9.17) is 15.0 Å². The van der Waals surface area contributed by atoms with Crippen molar-refractivity contribution in [3.05, 3.63) is 164 Å². The molecule has 2 aromatic heterocycles. The van der Waals surface area contributed by atoms with E-state index < -0.39 is 0 Å². The number of hydrogen-bond donors (Lipinski definition) is 1. The molecule has 0 aliphatic rings. The lowest BCUT2D eigenvalue weighted by Gasteiger charge is -2.26. The van der Waals surface area contributed by atoms with Crippen LogP contribution in [0.15, 0.2) is 164 Å². The number of nitrogens with zero attached hydrogens (tertiary/aromatic N) is 4. The van der Waals surface area contributed by atoms with E-state index in [9.17, 15) is 5.11 Å². The van der Waals surface area contributed by atoms with E-state index in [-0.39, 0.29) is 5.75 Å². The van der Waals surface area contributed by atoms with Crippen LogP contribution >= 0.6 is 0 Å². The molecule has 8 rings (SSSR count). The topological polar surface area (TPSA) is 62.1 Å². The third-order valence-electron chi connectivity index (χ3n) is 8.19. The summed E-state index contributed by atoms with van der Waals surface area (Å²) in [6.45, 7) is 0. The number of phenolic OH excluding ortho intramolecular Hbond substituents is 1. The van der Waals surface area contributed by atoms with E-state index in [0.29, 0.717) is 17.1 Å². The van der Waals surface area contributed by atoms with Gasteiger partial charge in [0.15, 0.2) is 5.82 Å². The van der Waals surface area contributed by atoms with Crippen molar-refractivity contribution in [3.8, 4) is 39.7 Å². The Kier molecular flexibility index (Phi) is 6.89. The Balaban J connectivity index is 1.33. The lowest BCUT2D eigenvalue weighted by molar-refractivity contribution is 0.477. The Labute approximate surface area is 266 Å². The Hall–Kier alpha value is -6.33. The first-order valence-electron chi connectivity index (χ1n) is 15.2. The maximum absolute atomic E-state index is 10.7.